The SMILES string of the molecule is CC(O)C(=O)O.C[C@H](O)C(=O)O. The number of aliphatic carboxylic acids is 2. The quantitative estimate of drug-likeness (QED) is 0.429. The van der Waals surface area contributed by atoms with Crippen LogP contribution in [0.25, 0.3) is 0 Å². The van der Waals surface area contributed by atoms with Crippen LogP contribution >= 0.6 is 0 Å². The Morgan fingerprint density at radius 1 is 0.917 bits per heavy atom. The Bertz CT molecular complexity index is 132. The highest BCUT2D eigenvalue weighted by Crippen LogP contribution is 1.73. The lowest BCUT2D eigenvalue weighted by Gasteiger charge is -1.89. The van der Waals surface area contributed by atoms with Crippen molar-refractivity contribution < 1.29 is 30.0 Å². The molecule has 0 saturated heterocycles. The average molecular weight is 180 g/mol. The fraction of sp³-hybridized carbons (Fsp3) is 0.667. The van der Waals surface area contributed by atoms with E-state index in [0.717, 1.165) is 0 Å². The van der Waals surface area contributed by atoms with Crippen LogP contribution in [-0.2, 0) is 9.59 Å². The third kappa shape index (κ3) is 11.6. The highest BCUT2D eigenvalue weighted by atomic mass is 16.4. The van der Waals surface area contributed by atoms with Crippen LogP contribution < -0.4 is 0 Å². The van der Waals surface area contributed by atoms with Gasteiger partial charge in [0.15, 0.2) is 0 Å². The van der Waals surface area contributed by atoms with Crippen LogP contribution in [0.15, 0.2) is 0 Å². The minimum atomic E-state index is -1.23. The molecule has 0 amide bonds. The van der Waals surface area contributed by atoms with E-state index in [9.17, 15) is 9.59 Å². The Kier molecular flexibility index (Phi) is 7.36. The second kappa shape index (κ2) is 6.56. The molecule has 0 aliphatic rings. The Labute approximate surface area is 69.1 Å². The number of aliphatic hydroxyl groups is 2. The van der Waals surface area contributed by atoms with Gasteiger partial charge in [-0.25, -0.2) is 9.59 Å². The topological polar surface area (TPSA) is 115 Å². The number of carboxylic acids is 2. The van der Waals surface area contributed by atoms with Crippen LogP contribution in [0.3, 0.4) is 0 Å². The van der Waals surface area contributed by atoms with Crippen molar-refractivity contribution in [3.63, 3.8) is 0 Å². The number of hydrogen-bond donors (Lipinski definition) is 4. The summed E-state index contributed by atoms with van der Waals surface area (Å²) >= 11 is 0. The van der Waals surface area contributed by atoms with Gasteiger partial charge >= 0.3 is 11.9 Å². The summed E-state index contributed by atoms with van der Waals surface area (Å²) < 4.78 is 0. The molecular formula is C6H12O6. The molecule has 0 aromatic heterocycles. The van der Waals surface area contributed by atoms with Crippen LogP contribution in [0.1, 0.15) is 13.8 Å². The van der Waals surface area contributed by atoms with Crippen molar-refractivity contribution in [2.75, 3.05) is 0 Å². The molecule has 72 valence electrons. The maximum absolute atomic E-state index is 9.45. The van der Waals surface area contributed by atoms with Crippen molar-refractivity contribution in [2.45, 2.75) is 26.1 Å². The molecule has 0 spiro atoms. The molecule has 6 heteroatoms. The van der Waals surface area contributed by atoms with E-state index in [1.54, 1.807) is 0 Å². The van der Waals surface area contributed by atoms with Crippen LogP contribution in [0, 0.1) is 0 Å². The first kappa shape index (κ1) is 13.4. The summed E-state index contributed by atoms with van der Waals surface area (Å²) in [6.45, 7) is 2.39. The van der Waals surface area contributed by atoms with Gasteiger partial charge in [-0.3, -0.25) is 0 Å². The lowest BCUT2D eigenvalue weighted by molar-refractivity contribution is -0.146. The lowest BCUT2D eigenvalue weighted by atomic mass is 10.4. The highest BCUT2D eigenvalue weighted by Gasteiger charge is 2.01. The van der Waals surface area contributed by atoms with E-state index in [1.807, 2.05) is 0 Å². The zero-order chi connectivity index (χ0) is 10.3. The van der Waals surface area contributed by atoms with E-state index in [0.29, 0.717) is 0 Å². The molecule has 0 saturated carbocycles. The molecule has 0 radical (unpaired) electrons. The predicted molar refractivity (Wildman–Crippen MR) is 38.6 cm³/mol. The molecule has 0 rings (SSSR count). The number of carboxylic acid groups (broad SMARTS) is 2. The first-order chi connectivity index (χ1) is 5.29. The summed E-state index contributed by atoms with van der Waals surface area (Å²) in [7, 11) is 0. The normalized spacial score (nSPS) is 13.7. The molecule has 2 atom stereocenters. The van der Waals surface area contributed by atoms with Gasteiger partial charge in [0.1, 0.15) is 12.2 Å². The van der Waals surface area contributed by atoms with E-state index < -0.39 is 24.1 Å². The molecule has 0 heterocycles. The monoisotopic (exact) mass is 180 g/mol. The molecule has 0 aliphatic heterocycles. The summed E-state index contributed by atoms with van der Waals surface area (Å²) in [5.74, 6) is -2.37. The third-order valence-corrected chi connectivity index (χ3v) is 0.715. The minimum Gasteiger partial charge on any atom is -0.479 e. The smallest absolute Gasteiger partial charge is 0.332 e. The van der Waals surface area contributed by atoms with Crippen molar-refractivity contribution in [1.82, 2.24) is 0 Å². The molecule has 0 bridgehead atoms. The van der Waals surface area contributed by atoms with Crippen molar-refractivity contribution in [3.05, 3.63) is 0 Å². The number of rotatable bonds is 2. The molecule has 1 unspecified atom stereocenters. The minimum absolute atomic E-state index is 1.19. The van der Waals surface area contributed by atoms with Crippen LogP contribution in [0.5, 0.6) is 0 Å². The van der Waals surface area contributed by atoms with E-state index >= 15 is 0 Å². The molecule has 6 nitrogen and oxygen atoms in total. The molecule has 0 aromatic carbocycles. The fourth-order valence-electron chi connectivity index (χ4n) is 0. The summed E-state index contributed by atoms with van der Waals surface area (Å²) in [6, 6.07) is 0. The lowest BCUT2D eigenvalue weighted by Crippen LogP contribution is -2.13. The first-order valence-corrected chi connectivity index (χ1v) is 3.10. The second-order valence-electron chi connectivity index (χ2n) is 2.03. The Hall–Kier alpha value is -1.14. The molecular weight excluding hydrogens is 168 g/mol. The Balaban J connectivity index is 0. The summed E-state index contributed by atoms with van der Waals surface area (Å²) in [5.41, 5.74) is 0. The van der Waals surface area contributed by atoms with E-state index in [-0.39, 0.29) is 0 Å². The fourth-order valence-corrected chi connectivity index (χ4v) is 0. The largest absolute Gasteiger partial charge is 0.479 e. The van der Waals surface area contributed by atoms with Gasteiger partial charge in [0.25, 0.3) is 0 Å². The van der Waals surface area contributed by atoms with Crippen LogP contribution in [-0.4, -0.2) is 44.6 Å². The molecule has 12 heavy (non-hydrogen) atoms. The molecule has 0 fully saturated rings. The summed E-state index contributed by atoms with van der Waals surface area (Å²) in [6.07, 6.45) is -2.46. The van der Waals surface area contributed by atoms with Crippen molar-refractivity contribution in [3.8, 4) is 0 Å². The van der Waals surface area contributed by atoms with Crippen molar-refractivity contribution in [2.24, 2.45) is 0 Å². The number of hydrogen-bond acceptors (Lipinski definition) is 4. The van der Waals surface area contributed by atoms with Gasteiger partial charge < -0.3 is 20.4 Å². The predicted octanol–water partition coefficient (Wildman–Crippen LogP) is -1.10. The van der Waals surface area contributed by atoms with Gasteiger partial charge in [0, 0.05) is 0 Å². The van der Waals surface area contributed by atoms with Gasteiger partial charge in [0.2, 0.25) is 0 Å². The number of aliphatic hydroxyl groups excluding tert-OH is 2. The average Bonchev–Trinajstić information content (AvgIpc) is 1.88. The van der Waals surface area contributed by atoms with Crippen molar-refractivity contribution in [1.29, 1.82) is 0 Å². The standard InChI is InChI=1S/2C3H6O3/c2*1-2(4)3(5)6/h2*2,4H,1H3,(H,5,6)/t2-;/m0./s1. The molecule has 4 N–H and O–H groups in total. The van der Waals surface area contributed by atoms with Gasteiger partial charge in [-0.05, 0) is 13.8 Å². The van der Waals surface area contributed by atoms with Gasteiger partial charge in [-0.1, -0.05) is 0 Å². The maximum Gasteiger partial charge on any atom is 0.332 e. The zero-order valence-electron chi connectivity index (χ0n) is 6.76. The summed E-state index contributed by atoms with van der Waals surface area (Å²) in [4.78, 5) is 18.9. The van der Waals surface area contributed by atoms with Gasteiger partial charge in [-0.2, -0.15) is 0 Å². The highest BCUT2D eigenvalue weighted by molar-refractivity contribution is 5.71. The van der Waals surface area contributed by atoms with E-state index in [1.165, 1.54) is 13.8 Å². The third-order valence-electron chi connectivity index (χ3n) is 0.715. The molecule has 0 aromatic rings. The molecule has 0 aliphatic carbocycles. The van der Waals surface area contributed by atoms with Crippen molar-refractivity contribution >= 4 is 11.9 Å². The second-order valence-corrected chi connectivity index (χ2v) is 2.03. The Morgan fingerprint density at radius 3 is 1.00 bits per heavy atom. The van der Waals surface area contributed by atoms with Gasteiger partial charge in [0.05, 0.1) is 0 Å². The zero-order valence-corrected chi connectivity index (χ0v) is 6.76. The first-order valence-electron chi connectivity index (χ1n) is 3.10. The maximum atomic E-state index is 9.45. The number of carbonyl (C=O) groups is 2. The van der Waals surface area contributed by atoms with E-state index in [4.69, 9.17) is 20.4 Å². The van der Waals surface area contributed by atoms with E-state index in [2.05, 4.69) is 0 Å². The van der Waals surface area contributed by atoms with Gasteiger partial charge in [-0.15, -0.1) is 0 Å². The summed E-state index contributed by atoms with van der Waals surface area (Å²) in [5, 5.41) is 31.5. The Morgan fingerprint density at radius 2 is 1.00 bits per heavy atom. The van der Waals surface area contributed by atoms with Crippen LogP contribution in [0.4, 0.5) is 0 Å². The van der Waals surface area contributed by atoms with Crippen LogP contribution in [0.2, 0.25) is 0 Å².